The Morgan fingerprint density at radius 1 is 0.973 bits per heavy atom. The first-order valence-corrected chi connectivity index (χ1v) is 12.4. The Hall–Kier alpha value is -4.15. The number of benzene rings is 1. The van der Waals surface area contributed by atoms with E-state index in [9.17, 15) is 9.59 Å². The van der Waals surface area contributed by atoms with Gasteiger partial charge < -0.3 is 25.8 Å². The zero-order valence-electron chi connectivity index (χ0n) is 22.2. The van der Waals surface area contributed by atoms with Crippen molar-refractivity contribution in [1.29, 1.82) is 0 Å². The second-order valence-electron chi connectivity index (χ2n) is 10.4. The molecule has 3 N–H and O–H groups in total. The Morgan fingerprint density at radius 2 is 1.62 bits per heavy atom. The predicted octanol–water partition coefficient (Wildman–Crippen LogP) is 3.77. The SMILES string of the molecule is CC(=O)N1[C@H](C)CN(c2cc(-n3cnc(Nc4ccc(NC(=O)NC(C)(C)C)cc4)n3)ccn2)C[C@@H]1C. The van der Waals surface area contributed by atoms with Gasteiger partial charge in [-0.3, -0.25) is 4.79 Å². The normalized spacial score (nSPS) is 17.9. The van der Waals surface area contributed by atoms with E-state index in [0.717, 1.165) is 17.2 Å². The van der Waals surface area contributed by atoms with Crippen molar-refractivity contribution in [3.63, 3.8) is 0 Å². The molecule has 2 aromatic heterocycles. The van der Waals surface area contributed by atoms with Crippen molar-refractivity contribution in [3.8, 4) is 5.69 Å². The topological polar surface area (TPSA) is 120 Å². The first-order chi connectivity index (χ1) is 17.5. The van der Waals surface area contributed by atoms with Gasteiger partial charge in [0.05, 0.1) is 5.69 Å². The maximum atomic E-state index is 12.1. The third-order valence-electron chi connectivity index (χ3n) is 5.98. The van der Waals surface area contributed by atoms with E-state index in [1.165, 1.54) is 0 Å². The summed E-state index contributed by atoms with van der Waals surface area (Å²) in [5.74, 6) is 1.38. The predicted molar refractivity (Wildman–Crippen MR) is 144 cm³/mol. The van der Waals surface area contributed by atoms with E-state index in [0.29, 0.717) is 24.7 Å². The van der Waals surface area contributed by atoms with Crippen LogP contribution in [0.3, 0.4) is 0 Å². The standard InChI is InChI=1S/C26H35N9O2/c1-17-14-33(15-18(2)35(17)19(3)36)23-13-22(11-12-27-23)34-16-28-24(32-34)29-20-7-9-21(10-8-20)30-25(37)31-26(4,5)6/h7-13,16-18H,14-15H2,1-6H3,(H,29,32)(H2,30,31,37)/t17-,18+. The molecule has 1 fully saturated rings. The minimum absolute atomic E-state index is 0.0981. The number of rotatable bonds is 5. The van der Waals surface area contributed by atoms with Crippen molar-refractivity contribution in [2.45, 2.75) is 59.2 Å². The molecule has 37 heavy (non-hydrogen) atoms. The Bertz CT molecular complexity index is 1240. The number of anilines is 4. The Balaban J connectivity index is 1.40. The lowest BCUT2D eigenvalue weighted by Crippen LogP contribution is -2.58. The fourth-order valence-electron chi connectivity index (χ4n) is 4.57. The van der Waals surface area contributed by atoms with Crippen LogP contribution < -0.4 is 20.9 Å². The number of aromatic nitrogens is 4. The molecule has 0 aliphatic carbocycles. The molecule has 1 aromatic carbocycles. The molecule has 0 unspecified atom stereocenters. The fourth-order valence-corrected chi connectivity index (χ4v) is 4.57. The Morgan fingerprint density at radius 3 is 2.24 bits per heavy atom. The van der Waals surface area contributed by atoms with E-state index in [1.54, 1.807) is 24.1 Å². The van der Waals surface area contributed by atoms with Crippen LogP contribution in [0.1, 0.15) is 41.5 Å². The molecule has 0 radical (unpaired) electrons. The monoisotopic (exact) mass is 505 g/mol. The lowest BCUT2D eigenvalue weighted by molar-refractivity contribution is -0.133. The molecule has 3 aromatic rings. The summed E-state index contributed by atoms with van der Waals surface area (Å²) in [4.78, 5) is 37.1. The number of piperazine rings is 1. The second kappa shape index (κ2) is 10.5. The number of hydrogen-bond donors (Lipinski definition) is 3. The minimum Gasteiger partial charge on any atom is -0.352 e. The van der Waals surface area contributed by atoms with Crippen LogP contribution in [0.15, 0.2) is 48.9 Å². The van der Waals surface area contributed by atoms with E-state index in [2.05, 4.69) is 49.8 Å². The van der Waals surface area contributed by atoms with Crippen molar-refractivity contribution in [3.05, 3.63) is 48.9 Å². The van der Waals surface area contributed by atoms with Gasteiger partial charge in [0, 0.05) is 61.3 Å². The van der Waals surface area contributed by atoms with Crippen LogP contribution in [0.2, 0.25) is 0 Å². The third-order valence-corrected chi connectivity index (χ3v) is 5.98. The molecule has 11 heteroatoms. The molecule has 1 saturated heterocycles. The second-order valence-corrected chi connectivity index (χ2v) is 10.4. The maximum Gasteiger partial charge on any atom is 0.319 e. The largest absolute Gasteiger partial charge is 0.352 e. The van der Waals surface area contributed by atoms with Gasteiger partial charge in [-0.15, -0.1) is 5.10 Å². The van der Waals surface area contributed by atoms with Crippen molar-refractivity contribution >= 4 is 35.1 Å². The molecule has 11 nitrogen and oxygen atoms in total. The van der Waals surface area contributed by atoms with Gasteiger partial charge in [-0.1, -0.05) is 0 Å². The zero-order chi connectivity index (χ0) is 26.7. The van der Waals surface area contributed by atoms with Gasteiger partial charge in [-0.2, -0.15) is 4.98 Å². The van der Waals surface area contributed by atoms with Gasteiger partial charge in [0.1, 0.15) is 12.1 Å². The Labute approximate surface area is 217 Å². The first-order valence-electron chi connectivity index (χ1n) is 12.4. The number of nitrogens with one attached hydrogen (secondary N) is 3. The van der Waals surface area contributed by atoms with Crippen molar-refractivity contribution in [1.82, 2.24) is 30.0 Å². The van der Waals surface area contributed by atoms with Gasteiger partial charge >= 0.3 is 6.03 Å². The molecule has 1 aliphatic heterocycles. The number of urea groups is 1. The smallest absolute Gasteiger partial charge is 0.319 e. The van der Waals surface area contributed by atoms with Crippen LogP contribution in [0.25, 0.3) is 5.69 Å². The van der Waals surface area contributed by atoms with Crippen LogP contribution in [0.4, 0.5) is 27.9 Å². The summed E-state index contributed by atoms with van der Waals surface area (Å²) >= 11 is 0. The van der Waals surface area contributed by atoms with Gasteiger partial charge in [0.25, 0.3) is 0 Å². The number of nitrogens with zero attached hydrogens (tertiary/aromatic N) is 6. The van der Waals surface area contributed by atoms with E-state index >= 15 is 0 Å². The number of amides is 3. The summed E-state index contributed by atoms with van der Waals surface area (Å²) in [6.07, 6.45) is 3.40. The summed E-state index contributed by atoms with van der Waals surface area (Å²) in [5.41, 5.74) is 2.00. The van der Waals surface area contributed by atoms with Crippen LogP contribution in [-0.2, 0) is 4.79 Å². The highest BCUT2D eigenvalue weighted by atomic mass is 16.2. The molecule has 3 amide bonds. The third kappa shape index (κ3) is 6.54. The molecule has 2 atom stereocenters. The van der Waals surface area contributed by atoms with Gasteiger partial charge in [-0.05, 0) is 65.0 Å². The highest BCUT2D eigenvalue weighted by molar-refractivity contribution is 5.89. The van der Waals surface area contributed by atoms with E-state index in [-0.39, 0.29) is 29.6 Å². The highest BCUT2D eigenvalue weighted by Gasteiger charge is 2.31. The number of pyridine rings is 1. The van der Waals surface area contributed by atoms with Crippen LogP contribution in [0.5, 0.6) is 0 Å². The Kier molecular flexibility index (Phi) is 7.33. The van der Waals surface area contributed by atoms with Crippen LogP contribution in [0, 0.1) is 0 Å². The molecule has 0 saturated carbocycles. The van der Waals surface area contributed by atoms with Crippen molar-refractivity contribution in [2.24, 2.45) is 0 Å². The van der Waals surface area contributed by atoms with E-state index < -0.39 is 0 Å². The summed E-state index contributed by atoms with van der Waals surface area (Å²) in [6, 6.07) is 11.1. The lowest BCUT2D eigenvalue weighted by atomic mass is 10.1. The molecule has 196 valence electrons. The molecule has 1 aliphatic rings. The minimum atomic E-state index is -0.313. The first kappa shape index (κ1) is 25.9. The lowest BCUT2D eigenvalue weighted by Gasteiger charge is -2.44. The van der Waals surface area contributed by atoms with E-state index in [1.807, 2.05) is 62.1 Å². The quantitative estimate of drug-likeness (QED) is 0.483. The molecular weight excluding hydrogens is 470 g/mol. The number of carbonyl (C=O) groups is 2. The molecule has 0 bridgehead atoms. The summed E-state index contributed by atoms with van der Waals surface area (Å²) < 4.78 is 1.69. The van der Waals surface area contributed by atoms with Gasteiger partial charge in [0.15, 0.2) is 0 Å². The molecular formula is C26H35N9O2. The van der Waals surface area contributed by atoms with Gasteiger partial charge in [0.2, 0.25) is 11.9 Å². The number of carbonyl (C=O) groups excluding carboxylic acids is 2. The summed E-state index contributed by atoms with van der Waals surface area (Å²) in [7, 11) is 0. The fraction of sp³-hybridized carbons (Fsp3) is 0.423. The average molecular weight is 506 g/mol. The summed E-state index contributed by atoms with van der Waals surface area (Å²) in [5, 5.41) is 13.4. The molecule has 0 spiro atoms. The molecule has 4 rings (SSSR count). The average Bonchev–Trinajstić information content (AvgIpc) is 3.27. The van der Waals surface area contributed by atoms with Crippen LogP contribution in [-0.4, -0.2) is 67.3 Å². The zero-order valence-corrected chi connectivity index (χ0v) is 22.2. The van der Waals surface area contributed by atoms with Gasteiger partial charge in [-0.25, -0.2) is 14.5 Å². The van der Waals surface area contributed by atoms with E-state index in [4.69, 9.17) is 0 Å². The summed E-state index contributed by atoms with van der Waals surface area (Å²) in [6.45, 7) is 13.0. The van der Waals surface area contributed by atoms with Crippen molar-refractivity contribution < 1.29 is 9.59 Å². The van der Waals surface area contributed by atoms with Crippen molar-refractivity contribution in [2.75, 3.05) is 28.6 Å². The highest BCUT2D eigenvalue weighted by Crippen LogP contribution is 2.23. The maximum absolute atomic E-state index is 12.1. The van der Waals surface area contributed by atoms with Crippen LogP contribution >= 0.6 is 0 Å². The molecule has 3 heterocycles. The number of hydrogen-bond acceptors (Lipinski definition) is 7.